The largest absolute Gasteiger partial charge is 0.393 e. The van der Waals surface area contributed by atoms with Gasteiger partial charge in [-0.15, -0.1) is 0 Å². The molecule has 1 N–H and O–H groups in total. The van der Waals surface area contributed by atoms with E-state index in [1.807, 2.05) is 13.3 Å². The number of hydrogen-bond acceptors (Lipinski definition) is 2. The van der Waals surface area contributed by atoms with Crippen LogP contribution in [0.4, 0.5) is 0 Å². The topological polar surface area (TPSA) is 24.4 Å². The molecule has 0 spiro atoms. The minimum Gasteiger partial charge on any atom is -0.393 e. The van der Waals surface area contributed by atoms with Crippen molar-refractivity contribution < 1.29 is 0 Å². The second-order valence-electron chi connectivity index (χ2n) is 1.34. The van der Waals surface area contributed by atoms with Crippen molar-refractivity contribution in [3.05, 3.63) is 12.4 Å². The molecule has 0 saturated carbocycles. The van der Waals surface area contributed by atoms with E-state index < -0.39 is 0 Å². The Balaban J connectivity index is 3.13. The first-order valence-corrected chi connectivity index (χ1v) is 2.75. The van der Waals surface area contributed by atoms with E-state index in [4.69, 9.17) is 0 Å². The SMILES string of the molecule is CC/C=N\C=C/NC. The average Bonchev–Trinajstić information content (AvgIpc) is 1.81. The summed E-state index contributed by atoms with van der Waals surface area (Å²) < 4.78 is 0. The van der Waals surface area contributed by atoms with Gasteiger partial charge in [-0.1, -0.05) is 6.92 Å². The van der Waals surface area contributed by atoms with E-state index in [-0.39, 0.29) is 0 Å². The predicted octanol–water partition coefficient (Wildman–Crippen LogP) is 1.16. The minimum atomic E-state index is 0.994. The highest BCUT2D eigenvalue weighted by atomic mass is 14.8. The van der Waals surface area contributed by atoms with Crippen LogP contribution in [0.15, 0.2) is 17.4 Å². The maximum Gasteiger partial charge on any atom is 0.0420 e. The zero-order valence-electron chi connectivity index (χ0n) is 5.39. The average molecular weight is 112 g/mol. The van der Waals surface area contributed by atoms with Gasteiger partial charge in [0.05, 0.1) is 0 Å². The molecule has 0 bridgehead atoms. The fourth-order valence-corrected chi connectivity index (χ4v) is 0.284. The summed E-state index contributed by atoms with van der Waals surface area (Å²) in [6.45, 7) is 2.05. The number of rotatable bonds is 3. The standard InChI is InChI=1S/C6H12N2/c1-3-4-8-6-5-7-2/h4-7H,3H2,1-2H3/b6-5-,8-4-. The monoisotopic (exact) mass is 112 g/mol. The Morgan fingerprint density at radius 2 is 2.38 bits per heavy atom. The van der Waals surface area contributed by atoms with Gasteiger partial charge in [0.1, 0.15) is 0 Å². The van der Waals surface area contributed by atoms with Crippen molar-refractivity contribution in [1.82, 2.24) is 5.32 Å². The van der Waals surface area contributed by atoms with Gasteiger partial charge in [0.25, 0.3) is 0 Å². The van der Waals surface area contributed by atoms with Crippen molar-refractivity contribution in [2.45, 2.75) is 13.3 Å². The molecular formula is C6H12N2. The molecule has 0 aromatic carbocycles. The van der Waals surface area contributed by atoms with Crippen LogP contribution in [0.5, 0.6) is 0 Å². The highest BCUT2D eigenvalue weighted by Gasteiger charge is 1.60. The van der Waals surface area contributed by atoms with Crippen molar-refractivity contribution in [3.8, 4) is 0 Å². The molecule has 0 fully saturated rings. The van der Waals surface area contributed by atoms with Crippen molar-refractivity contribution >= 4 is 6.21 Å². The van der Waals surface area contributed by atoms with E-state index >= 15 is 0 Å². The number of aliphatic imine (C=N–C) groups is 1. The number of nitrogens with one attached hydrogen (secondary N) is 1. The minimum absolute atomic E-state index is 0.994. The van der Waals surface area contributed by atoms with E-state index in [0.717, 1.165) is 6.42 Å². The van der Waals surface area contributed by atoms with Gasteiger partial charge in [-0.2, -0.15) is 0 Å². The Bertz CT molecular complexity index is 72.5. The van der Waals surface area contributed by atoms with E-state index in [9.17, 15) is 0 Å². The van der Waals surface area contributed by atoms with Gasteiger partial charge in [0.15, 0.2) is 0 Å². The maximum absolute atomic E-state index is 3.91. The van der Waals surface area contributed by atoms with Gasteiger partial charge in [-0.3, -0.25) is 4.99 Å². The predicted molar refractivity (Wildman–Crippen MR) is 37.0 cm³/mol. The fraction of sp³-hybridized carbons (Fsp3) is 0.500. The molecule has 0 saturated heterocycles. The fourth-order valence-electron chi connectivity index (χ4n) is 0.284. The van der Waals surface area contributed by atoms with Gasteiger partial charge in [-0.05, 0) is 6.42 Å². The third-order valence-corrected chi connectivity index (χ3v) is 0.615. The van der Waals surface area contributed by atoms with Crippen LogP contribution in [0.1, 0.15) is 13.3 Å². The summed E-state index contributed by atoms with van der Waals surface area (Å²) in [5, 5.41) is 2.83. The van der Waals surface area contributed by atoms with Crippen LogP contribution in [0.2, 0.25) is 0 Å². The summed E-state index contributed by atoms with van der Waals surface area (Å²) in [6, 6.07) is 0. The van der Waals surface area contributed by atoms with Crippen LogP contribution < -0.4 is 5.32 Å². The summed E-state index contributed by atoms with van der Waals surface area (Å²) >= 11 is 0. The van der Waals surface area contributed by atoms with E-state index in [1.54, 1.807) is 12.4 Å². The van der Waals surface area contributed by atoms with Crippen molar-refractivity contribution in [2.24, 2.45) is 4.99 Å². The van der Waals surface area contributed by atoms with Gasteiger partial charge < -0.3 is 5.32 Å². The van der Waals surface area contributed by atoms with Crippen molar-refractivity contribution in [1.29, 1.82) is 0 Å². The van der Waals surface area contributed by atoms with Crippen LogP contribution in [0.25, 0.3) is 0 Å². The summed E-state index contributed by atoms with van der Waals surface area (Å²) in [4.78, 5) is 3.91. The molecule has 46 valence electrons. The molecule has 0 radical (unpaired) electrons. The first-order valence-electron chi connectivity index (χ1n) is 2.75. The highest BCUT2D eigenvalue weighted by Crippen LogP contribution is 1.70. The Hall–Kier alpha value is -0.790. The number of nitrogens with zero attached hydrogens (tertiary/aromatic N) is 1. The molecular weight excluding hydrogens is 100 g/mol. The molecule has 0 heterocycles. The van der Waals surface area contributed by atoms with Crippen molar-refractivity contribution in [2.75, 3.05) is 7.05 Å². The summed E-state index contributed by atoms with van der Waals surface area (Å²) in [6.07, 6.45) is 6.36. The van der Waals surface area contributed by atoms with Gasteiger partial charge in [-0.25, -0.2) is 0 Å². The molecule has 2 heteroatoms. The highest BCUT2D eigenvalue weighted by molar-refractivity contribution is 5.57. The second-order valence-corrected chi connectivity index (χ2v) is 1.34. The van der Waals surface area contributed by atoms with Crippen LogP contribution >= 0.6 is 0 Å². The summed E-state index contributed by atoms with van der Waals surface area (Å²) in [5.74, 6) is 0. The molecule has 2 nitrogen and oxygen atoms in total. The van der Waals surface area contributed by atoms with E-state index in [0.29, 0.717) is 0 Å². The first kappa shape index (κ1) is 7.21. The summed E-state index contributed by atoms with van der Waals surface area (Å²) in [7, 11) is 1.85. The maximum atomic E-state index is 3.91. The molecule has 0 unspecified atom stereocenters. The van der Waals surface area contributed by atoms with Gasteiger partial charge in [0, 0.05) is 25.7 Å². The van der Waals surface area contributed by atoms with Crippen LogP contribution in [0.3, 0.4) is 0 Å². The quantitative estimate of drug-likeness (QED) is 0.544. The lowest BCUT2D eigenvalue weighted by Gasteiger charge is -1.79. The third kappa shape index (κ3) is 5.21. The molecule has 0 atom stereocenters. The lowest BCUT2D eigenvalue weighted by molar-refractivity contribution is 1.09. The molecule has 0 aliphatic rings. The smallest absolute Gasteiger partial charge is 0.0420 e. The Labute approximate surface area is 50.3 Å². The van der Waals surface area contributed by atoms with Crippen LogP contribution in [0, 0.1) is 0 Å². The second kappa shape index (κ2) is 6.21. The normalized spacial score (nSPS) is 11.2. The first-order chi connectivity index (χ1) is 3.91. The molecule has 0 rings (SSSR count). The Morgan fingerprint density at radius 3 is 2.88 bits per heavy atom. The zero-order valence-corrected chi connectivity index (χ0v) is 5.39. The van der Waals surface area contributed by atoms with Crippen LogP contribution in [-0.4, -0.2) is 13.3 Å². The van der Waals surface area contributed by atoms with Crippen molar-refractivity contribution in [3.63, 3.8) is 0 Å². The molecule has 0 aliphatic carbocycles. The summed E-state index contributed by atoms with van der Waals surface area (Å²) in [5.41, 5.74) is 0. The number of hydrogen-bond donors (Lipinski definition) is 1. The van der Waals surface area contributed by atoms with Crippen LogP contribution in [-0.2, 0) is 0 Å². The Morgan fingerprint density at radius 1 is 1.62 bits per heavy atom. The van der Waals surface area contributed by atoms with Gasteiger partial charge >= 0.3 is 0 Å². The lowest BCUT2D eigenvalue weighted by atomic mass is 10.5. The third-order valence-electron chi connectivity index (χ3n) is 0.615. The lowest BCUT2D eigenvalue weighted by Crippen LogP contribution is -1.89. The molecule has 0 amide bonds. The van der Waals surface area contributed by atoms with E-state index in [2.05, 4.69) is 17.2 Å². The molecule has 0 aromatic rings. The molecule has 0 aromatic heterocycles. The zero-order chi connectivity index (χ0) is 6.24. The molecule has 8 heavy (non-hydrogen) atoms. The molecule has 0 aliphatic heterocycles. The Kier molecular flexibility index (Phi) is 5.60. The van der Waals surface area contributed by atoms with E-state index in [1.165, 1.54) is 0 Å². The van der Waals surface area contributed by atoms with Gasteiger partial charge in [0.2, 0.25) is 0 Å².